The number of hydrogen-bond donors (Lipinski definition) is 2. The number of aromatic nitrogens is 2. The van der Waals surface area contributed by atoms with Crippen LogP contribution in [0.25, 0.3) is 0 Å². The number of nitrogen functional groups attached to an aromatic ring is 1. The zero-order valence-corrected chi connectivity index (χ0v) is 11.2. The highest BCUT2D eigenvalue weighted by Crippen LogP contribution is 2.33. The Morgan fingerprint density at radius 2 is 2.10 bits per heavy atom. The maximum Gasteiger partial charge on any atom is 0.451 e. The first-order valence-corrected chi connectivity index (χ1v) is 6.62. The molecule has 1 fully saturated rings. The first kappa shape index (κ1) is 14.8. The van der Waals surface area contributed by atoms with Crippen molar-refractivity contribution in [2.75, 3.05) is 23.4 Å². The summed E-state index contributed by atoms with van der Waals surface area (Å²) in [6, 6.07) is 1.45. The van der Waals surface area contributed by atoms with Gasteiger partial charge in [-0.1, -0.05) is 6.92 Å². The molecule has 0 bridgehead atoms. The topological polar surface area (TPSA) is 67.1 Å². The number of hydrogen-bond acceptors (Lipinski definition) is 5. The third-order valence-corrected chi connectivity index (χ3v) is 3.11. The highest BCUT2D eigenvalue weighted by molar-refractivity contribution is 5.49. The second-order valence-electron chi connectivity index (χ2n) is 4.97. The Morgan fingerprint density at radius 1 is 1.40 bits per heavy atom. The van der Waals surface area contributed by atoms with Crippen molar-refractivity contribution >= 4 is 11.6 Å². The normalized spacial score (nSPS) is 15.2. The number of rotatable bonds is 6. The van der Waals surface area contributed by atoms with E-state index in [0.717, 1.165) is 25.8 Å². The summed E-state index contributed by atoms with van der Waals surface area (Å²) in [7, 11) is 0. The zero-order valence-electron chi connectivity index (χ0n) is 11.2. The van der Waals surface area contributed by atoms with Crippen LogP contribution < -0.4 is 16.2 Å². The second-order valence-corrected chi connectivity index (χ2v) is 4.97. The largest absolute Gasteiger partial charge is 0.451 e. The van der Waals surface area contributed by atoms with Crippen molar-refractivity contribution in [1.29, 1.82) is 0 Å². The van der Waals surface area contributed by atoms with E-state index in [1.165, 1.54) is 6.07 Å². The lowest BCUT2D eigenvalue weighted by atomic mass is 10.3. The average Bonchev–Trinajstić information content (AvgIpc) is 3.20. The van der Waals surface area contributed by atoms with Crippen LogP contribution in [0.1, 0.15) is 32.0 Å². The molecule has 0 radical (unpaired) electrons. The SMILES string of the molecule is CCCN(CC1CC1)c1cc(NN)nc(C(F)(F)F)n1. The molecule has 1 aliphatic carbocycles. The van der Waals surface area contributed by atoms with Crippen molar-refractivity contribution in [2.24, 2.45) is 11.8 Å². The Kier molecular flexibility index (Phi) is 4.32. The van der Waals surface area contributed by atoms with Gasteiger partial charge in [-0.3, -0.25) is 0 Å². The lowest BCUT2D eigenvalue weighted by Gasteiger charge is -2.24. The number of anilines is 2. The van der Waals surface area contributed by atoms with Crippen LogP contribution in [-0.2, 0) is 6.18 Å². The third kappa shape index (κ3) is 3.72. The molecular weight excluding hydrogens is 271 g/mol. The molecule has 0 spiro atoms. The Labute approximate surface area is 115 Å². The lowest BCUT2D eigenvalue weighted by Crippen LogP contribution is -2.29. The molecule has 0 aliphatic heterocycles. The molecule has 112 valence electrons. The predicted molar refractivity (Wildman–Crippen MR) is 70.1 cm³/mol. The summed E-state index contributed by atoms with van der Waals surface area (Å²) < 4.78 is 38.4. The zero-order chi connectivity index (χ0) is 14.8. The molecule has 8 heteroatoms. The standard InChI is InChI=1S/C12H18F3N5/c1-2-5-20(7-8-3-4-8)10-6-9(19-16)17-11(18-10)12(13,14)15/h6,8H,2-5,7,16H2,1H3,(H,17,18,19). The molecule has 1 heterocycles. The minimum absolute atomic E-state index is 0.0285. The Balaban J connectivity index is 2.31. The van der Waals surface area contributed by atoms with Gasteiger partial charge >= 0.3 is 6.18 Å². The number of halogens is 3. The average molecular weight is 289 g/mol. The fraction of sp³-hybridized carbons (Fsp3) is 0.667. The summed E-state index contributed by atoms with van der Waals surface area (Å²) in [5, 5.41) is 0. The number of hydrazine groups is 1. The Hall–Kier alpha value is -1.57. The fourth-order valence-corrected chi connectivity index (χ4v) is 1.98. The number of alkyl halides is 3. The van der Waals surface area contributed by atoms with Gasteiger partial charge in [-0.15, -0.1) is 0 Å². The van der Waals surface area contributed by atoms with Crippen molar-refractivity contribution in [3.8, 4) is 0 Å². The van der Waals surface area contributed by atoms with Crippen molar-refractivity contribution in [1.82, 2.24) is 9.97 Å². The van der Waals surface area contributed by atoms with E-state index in [1.807, 2.05) is 11.8 Å². The first-order valence-electron chi connectivity index (χ1n) is 6.62. The molecule has 1 aromatic heterocycles. The van der Waals surface area contributed by atoms with E-state index in [0.29, 0.717) is 12.5 Å². The summed E-state index contributed by atoms with van der Waals surface area (Å²) in [6.07, 6.45) is -1.50. The van der Waals surface area contributed by atoms with Gasteiger partial charge in [0, 0.05) is 19.2 Å². The van der Waals surface area contributed by atoms with Crippen LogP contribution in [0.2, 0.25) is 0 Å². The maximum atomic E-state index is 12.8. The molecule has 0 aromatic carbocycles. The molecule has 1 aromatic rings. The van der Waals surface area contributed by atoms with Gasteiger partial charge in [0.05, 0.1) is 0 Å². The van der Waals surface area contributed by atoms with Crippen molar-refractivity contribution < 1.29 is 13.2 Å². The minimum atomic E-state index is -4.58. The second kappa shape index (κ2) is 5.82. The van der Waals surface area contributed by atoms with Gasteiger partial charge in [0.2, 0.25) is 5.82 Å². The molecular formula is C12H18F3N5. The molecule has 5 nitrogen and oxygen atoms in total. The summed E-state index contributed by atoms with van der Waals surface area (Å²) in [5.74, 6) is 4.83. The molecule has 0 saturated heterocycles. The van der Waals surface area contributed by atoms with Crippen LogP contribution in [0.3, 0.4) is 0 Å². The van der Waals surface area contributed by atoms with Gasteiger partial charge in [-0.05, 0) is 25.2 Å². The van der Waals surface area contributed by atoms with E-state index in [-0.39, 0.29) is 11.6 Å². The summed E-state index contributed by atoms with van der Waals surface area (Å²) >= 11 is 0. The Bertz CT molecular complexity index is 459. The van der Waals surface area contributed by atoms with E-state index in [2.05, 4.69) is 15.4 Å². The van der Waals surface area contributed by atoms with Gasteiger partial charge in [0.1, 0.15) is 11.6 Å². The first-order chi connectivity index (χ1) is 9.44. The van der Waals surface area contributed by atoms with Crippen LogP contribution in [0.15, 0.2) is 6.07 Å². The minimum Gasteiger partial charge on any atom is -0.356 e. The van der Waals surface area contributed by atoms with Crippen LogP contribution in [-0.4, -0.2) is 23.1 Å². The van der Waals surface area contributed by atoms with Gasteiger partial charge in [0.25, 0.3) is 0 Å². The van der Waals surface area contributed by atoms with Gasteiger partial charge < -0.3 is 10.3 Å². The van der Waals surface area contributed by atoms with Crippen molar-refractivity contribution in [3.63, 3.8) is 0 Å². The van der Waals surface area contributed by atoms with Crippen LogP contribution >= 0.6 is 0 Å². The molecule has 0 amide bonds. The van der Waals surface area contributed by atoms with E-state index < -0.39 is 12.0 Å². The highest BCUT2D eigenvalue weighted by Gasteiger charge is 2.36. The smallest absolute Gasteiger partial charge is 0.356 e. The molecule has 0 unspecified atom stereocenters. The van der Waals surface area contributed by atoms with E-state index >= 15 is 0 Å². The van der Waals surface area contributed by atoms with Crippen LogP contribution in [0.4, 0.5) is 24.8 Å². The number of nitrogens with one attached hydrogen (secondary N) is 1. The third-order valence-electron chi connectivity index (χ3n) is 3.11. The van der Waals surface area contributed by atoms with Gasteiger partial charge in [-0.2, -0.15) is 13.2 Å². The molecule has 20 heavy (non-hydrogen) atoms. The summed E-state index contributed by atoms with van der Waals surface area (Å²) in [4.78, 5) is 8.88. The highest BCUT2D eigenvalue weighted by atomic mass is 19.4. The lowest BCUT2D eigenvalue weighted by molar-refractivity contribution is -0.144. The van der Waals surface area contributed by atoms with Crippen molar-refractivity contribution in [2.45, 2.75) is 32.4 Å². The quantitative estimate of drug-likeness (QED) is 0.622. The van der Waals surface area contributed by atoms with Crippen LogP contribution in [0.5, 0.6) is 0 Å². The van der Waals surface area contributed by atoms with E-state index in [1.54, 1.807) is 0 Å². The number of nitrogens with zero attached hydrogens (tertiary/aromatic N) is 3. The summed E-state index contributed by atoms with van der Waals surface area (Å²) in [6.45, 7) is 3.37. The molecule has 0 atom stereocenters. The van der Waals surface area contributed by atoms with E-state index in [9.17, 15) is 13.2 Å². The number of nitrogens with two attached hydrogens (primary N) is 1. The molecule has 2 rings (SSSR count). The van der Waals surface area contributed by atoms with E-state index in [4.69, 9.17) is 5.84 Å². The summed E-state index contributed by atoms with van der Waals surface area (Å²) in [5.41, 5.74) is 2.17. The Morgan fingerprint density at radius 3 is 2.60 bits per heavy atom. The monoisotopic (exact) mass is 289 g/mol. The molecule has 3 N–H and O–H groups in total. The van der Waals surface area contributed by atoms with Gasteiger partial charge in [0.15, 0.2) is 0 Å². The van der Waals surface area contributed by atoms with Gasteiger partial charge in [-0.25, -0.2) is 15.8 Å². The molecule has 1 saturated carbocycles. The predicted octanol–water partition coefficient (Wildman–Crippen LogP) is 2.41. The van der Waals surface area contributed by atoms with Crippen molar-refractivity contribution in [3.05, 3.63) is 11.9 Å². The van der Waals surface area contributed by atoms with Crippen LogP contribution in [0, 0.1) is 5.92 Å². The fourth-order valence-electron chi connectivity index (χ4n) is 1.98. The maximum absolute atomic E-state index is 12.8. The molecule has 1 aliphatic rings.